The van der Waals surface area contributed by atoms with Gasteiger partial charge in [0.15, 0.2) is 0 Å². The SMILES string of the molecule is COC(=O)C1(COC2CCC(NS(C)(=O)=O)CC2)CC1. The lowest BCUT2D eigenvalue weighted by Gasteiger charge is -2.29. The Morgan fingerprint density at radius 1 is 1.25 bits per heavy atom. The van der Waals surface area contributed by atoms with Crippen LogP contribution in [0.1, 0.15) is 38.5 Å². The molecule has 7 heteroatoms. The summed E-state index contributed by atoms with van der Waals surface area (Å²) in [7, 11) is -1.73. The molecule has 0 aliphatic heterocycles. The molecule has 1 N–H and O–H groups in total. The fraction of sp³-hybridized carbons (Fsp3) is 0.923. The van der Waals surface area contributed by atoms with E-state index in [0.717, 1.165) is 38.5 Å². The van der Waals surface area contributed by atoms with Crippen molar-refractivity contribution in [1.29, 1.82) is 0 Å². The van der Waals surface area contributed by atoms with Crippen LogP contribution >= 0.6 is 0 Å². The molecule has 0 heterocycles. The predicted molar refractivity (Wildman–Crippen MR) is 73.7 cm³/mol. The van der Waals surface area contributed by atoms with E-state index in [0.29, 0.717) is 6.61 Å². The average Bonchev–Trinajstić information content (AvgIpc) is 3.16. The van der Waals surface area contributed by atoms with Crippen LogP contribution in [0, 0.1) is 5.41 Å². The summed E-state index contributed by atoms with van der Waals surface area (Å²) in [5, 5.41) is 0. The van der Waals surface area contributed by atoms with Crippen LogP contribution in [0.3, 0.4) is 0 Å². The number of sulfonamides is 1. The Balaban J connectivity index is 1.71. The number of carbonyl (C=O) groups is 1. The van der Waals surface area contributed by atoms with E-state index in [9.17, 15) is 13.2 Å². The Morgan fingerprint density at radius 3 is 2.30 bits per heavy atom. The standard InChI is InChI=1S/C13H23NO5S/c1-18-12(15)13(7-8-13)9-19-11-5-3-10(4-6-11)14-20(2,16)17/h10-11,14H,3-9H2,1-2H3. The molecule has 2 fully saturated rings. The zero-order valence-electron chi connectivity index (χ0n) is 12.1. The summed E-state index contributed by atoms with van der Waals surface area (Å²) < 4.78 is 35.6. The van der Waals surface area contributed by atoms with Gasteiger partial charge in [-0.2, -0.15) is 0 Å². The first-order valence-corrected chi connectivity index (χ1v) is 8.91. The van der Waals surface area contributed by atoms with Crippen LogP contribution in [0.4, 0.5) is 0 Å². The van der Waals surface area contributed by atoms with Gasteiger partial charge in [0.1, 0.15) is 0 Å². The molecule has 0 radical (unpaired) electrons. The lowest BCUT2D eigenvalue weighted by molar-refractivity contribution is -0.151. The number of carbonyl (C=O) groups excluding carboxylic acids is 1. The van der Waals surface area contributed by atoms with E-state index in [2.05, 4.69) is 4.72 Å². The van der Waals surface area contributed by atoms with Gasteiger partial charge in [0.05, 0.1) is 31.5 Å². The summed E-state index contributed by atoms with van der Waals surface area (Å²) in [5.74, 6) is -0.176. The van der Waals surface area contributed by atoms with Crippen LogP contribution in [0.2, 0.25) is 0 Å². The zero-order chi connectivity index (χ0) is 14.8. The number of hydrogen-bond acceptors (Lipinski definition) is 5. The van der Waals surface area contributed by atoms with Crippen molar-refractivity contribution in [2.24, 2.45) is 5.41 Å². The van der Waals surface area contributed by atoms with Gasteiger partial charge in [0.2, 0.25) is 10.0 Å². The van der Waals surface area contributed by atoms with Crippen molar-refractivity contribution < 1.29 is 22.7 Å². The molecule has 0 aromatic carbocycles. The van der Waals surface area contributed by atoms with Crippen molar-refractivity contribution in [3.8, 4) is 0 Å². The molecular formula is C13H23NO5S. The summed E-state index contributed by atoms with van der Waals surface area (Å²) in [6.45, 7) is 0.425. The van der Waals surface area contributed by atoms with Gasteiger partial charge >= 0.3 is 5.97 Å². The fourth-order valence-electron chi connectivity index (χ4n) is 2.70. The molecule has 20 heavy (non-hydrogen) atoms. The monoisotopic (exact) mass is 305 g/mol. The van der Waals surface area contributed by atoms with Gasteiger partial charge in [-0.1, -0.05) is 0 Å². The van der Waals surface area contributed by atoms with Gasteiger partial charge in [0.25, 0.3) is 0 Å². The van der Waals surface area contributed by atoms with Crippen LogP contribution in [-0.4, -0.2) is 46.5 Å². The highest BCUT2D eigenvalue weighted by molar-refractivity contribution is 7.88. The van der Waals surface area contributed by atoms with E-state index in [1.54, 1.807) is 0 Å². The minimum Gasteiger partial charge on any atom is -0.469 e. The third-order valence-corrected chi connectivity index (χ3v) is 4.88. The lowest BCUT2D eigenvalue weighted by atomic mass is 9.93. The molecule has 2 aliphatic carbocycles. The highest BCUT2D eigenvalue weighted by Crippen LogP contribution is 2.47. The normalized spacial score (nSPS) is 28.9. The number of hydrogen-bond donors (Lipinski definition) is 1. The average molecular weight is 305 g/mol. The third-order valence-electron chi connectivity index (χ3n) is 4.12. The second-order valence-corrected chi connectivity index (χ2v) is 7.73. The van der Waals surface area contributed by atoms with Crippen molar-refractivity contribution in [1.82, 2.24) is 4.72 Å². The zero-order valence-corrected chi connectivity index (χ0v) is 12.9. The molecule has 0 atom stereocenters. The van der Waals surface area contributed by atoms with Crippen LogP contribution in [-0.2, 0) is 24.3 Å². The quantitative estimate of drug-likeness (QED) is 0.735. The maximum absolute atomic E-state index is 11.6. The van der Waals surface area contributed by atoms with E-state index >= 15 is 0 Å². The smallest absolute Gasteiger partial charge is 0.314 e. The first kappa shape index (κ1) is 15.7. The van der Waals surface area contributed by atoms with Crippen LogP contribution in [0.5, 0.6) is 0 Å². The van der Waals surface area contributed by atoms with Crippen LogP contribution in [0.25, 0.3) is 0 Å². The molecule has 2 aliphatic rings. The fourth-order valence-corrected chi connectivity index (χ4v) is 3.54. The van der Waals surface area contributed by atoms with E-state index in [1.165, 1.54) is 13.4 Å². The summed E-state index contributed by atoms with van der Waals surface area (Å²) in [6, 6.07) is 0.0142. The maximum atomic E-state index is 11.6. The second kappa shape index (κ2) is 5.99. The molecule has 0 spiro atoms. The van der Waals surface area contributed by atoms with Crippen LogP contribution < -0.4 is 4.72 Å². The molecule has 0 amide bonds. The highest BCUT2D eigenvalue weighted by Gasteiger charge is 2.51. The Labute approximate surface area is 120 Å². The topological polar surface area (TPSA) is 81.7 Å². The van der Waals surface area contributed by atoms with E-state index in [4.69, 9.17) is 9.47 Å². The van der Waals surface area contributed by atoms with Crippen molar-refractivity contribution >= 4 is 16.0 Å². The molecule has 0 saturated heterocycles. The minimum atomic E-state index is -3.13. The molecule has 0 aromatic rings. The molecule has 2 saturated carbocycles. The van der Waals surface area contributed by atoms with Crippen molar-refractivity contribution in [3.05, 3.63) is 0 Å². The predicted octanol–water partition coefficient (Wildman–Crippen LogP) is 0.817. The molecular weight excluding hydrogens is 282 g/mol. The number of esters is 1. The number of methoxy groups -OCH3 is 1. The van der Waals surface area contributed by atoms with E-state index < -0.39 is 15.4 Å². The van der Waals surface area contributed by atoms with Crippen LogP contribution in [0.15, 0.2) is 0 Å². The summed E-state index contributed by atoms with van der Waals surface area (Å²) in [6.07, 6.45) is 6.19. The number of rotatable bonds is 6. The van der Waals surface area contributed by atoms with Gasteiger partial charge in [-0.3, -0.25) is 4.79 Å². The van der Waals surface area contributed by atoms with E-state index in [-0.39, 0.29) is 18.1 Å². The summed E-state index contributed by atoms with van der Waals surface area (Å²) in [5.41, 5.74) is -0.406. The lowest BCUT2D eigenvalue weighted by Crippen LogP contribution is -2.39. The Hall–Kier alpha value is -0.660. The molecule has 6 nitrogen and oxygen atoms in total. The van der Waals surface area contributed by atoms with Gasteiger partial charge in [-0.15, -0.1) is 0 Å². The Bertz CT molecular complexity index is 449. The molecule has 0 aromatic heterocycles. The summed E-state index contributed by atoms with van der Waals surface area (Å²) >= 11 is 0. The molecule has 2 rings (SSSR count). The Kier molecular flexibility index (Phi) is 4.71. The minimum absolute atomic E-state index is 0.0142. The Morgan fingerprint density at radius 2 is 1.85 bits per heavy atom. The van der Waals surface area contributed by atoms with E-state index in [1.807, 2.05) is 0 Å². The largest absolute Gasteiger partial charge is 0.469 e. The van der Waals surface area contributed by atoms with Gasteiger partial charge in [-0.25, -0.2) is 13.1 Å². The highest BCUT2D eigenvalue weighted by atomic mass is 32.2. The summed E-state index contributed by atoms with van der Waals surface area (Å²) in [4.78, 5) is 11.6. The first-order chi connectivity index (χ1) is 9.35. The van der Waals surface area contributed by atoms with Gasteiger partial charge in [-0.05, 0) is 38.5 Å². The van der Waals surface area contributed by atoms with Crippen molar-refractivity contribution in [2.75, 3.05) is 20.0 Å². The van der Waals surface area contributed by atoms with Crippen molar-refractivity contribution in [2.45, 2.75) is 50.7 Å². The van der Waals surface area contributed by atoms with Gasteiger partial charge in [0, 0.05) is 6.04 Å². The third kappa shape index (κ3) is 4.17. The molecule has 116 valence electrons. The maximum Gasteiger partial charge on any atom is 0.314 e. The molecule has 0 bridgehead atoms. The molecule has 0 unspecified atom stereocenters. The van der Waals surface area contributed by atoms with Crippen molar-refractivity contribution in [3.63, 3.8) is 0 Å². The second-order valence-electron chi connectivity index (χ2n) is 5.95. The number of nitrogens with one attached hydrogen (secondary N) is 1. The number of ether oxygens (including phenoxy) is 2. The first-order valence-electron chi connectivity index (χ1n) is 7.02. The van der Waals surface area contributed by atoms with Gasteiger partial charge < -0.3 is 9.47 Å².